The zero-order valence-electron chi connectivity index (χ0n) is 18.1. The zero-order valence-corrected chi connectivity index (χ0v) is 18.1. The van der Waals surface area contributed by atoms with Gasteiger partial charge in [0.1, 0.15) is 0 Å². The molecule has 4 heterocycles. The summed E-state index contributed by atoms with van der Waals surface area (Å²) in [6.45, 7) is 6.38. The molecule has 0 radical (unpaired) electrons. The first-order chi connectivity index (χ1) is 15.0. The predicted molar refractivity (Wildman–Crippen MR) is 117 cm³/mol. The Balaban J connectivity index is 1.34. The zero-order chi connectivity index (χ0) is 21.5. The van der Waals surface area contributed by atoms with Crippen LogP contribution in [0.2, 0.25) is 0 Å². The Morgan fingerprint density at radius 3 is 2.65 bits per heavy atom. The lowest BCUT2D eigenvalue weighted by Crippen LogP contribution is -2.37. The van der Waals surface area contributed by atoms with Gasteiger partial charge in [-0.15, -0.1) is 0 Å². The number of aryl methyl sites for hydroxylation is 3. The second-order valence-electron chi connectivity index (χ2n) is 8.73. The van der Waals surface area contributed by atoms with Crippen LogP contribution in [-0.4, -0.2) is 49.7 Å². The van der Waals surface area contributed by atoms with Crippen LogP contribution in [0.3, 0.4) is 0 Å². The van der Waals surface area contributed by atoms with Crippen molar-refractivity contribution < 1.29 is 9.53 Å². The number of carbonyl (C=O) groups excluding carboxylic acids is 1. The average Bonchev–Trinajstić information content (AvgIpc) is 3.45. The third kappa shape index (κ3) is 3.69. The molecule has 3 unspecified atom stereocenters. The minimum Gasteiger partial charge on any atom is -0.463 e. The number of hydrogen-bond acceptors (Lipinski definition) is 5. The fraction of sp³-hybridized carbons (Fsp3) is 0.417. The number of aromatic nitrogens is 4. The minimum absolute atomic E-state index is 0.0916. The van der Waals surface area contributed by atoms with Gasteiger partial charge < -0.3 is 9.64 Å². The number of nitrogens with zero attached hydrogens (tertiary/aromatic N) is 4. The number of ether oxygens (including phenoxy) is 1. The lowest BCUT2D eigenvalue weighted by molar-refractivity contribution is 0.0710. The van der Waals surface area contributed by atoms with E-state index in [9.17, 15) is 4.79 Å². The van der Waals surface area contributed by atoms with E-state index in [1.54, 1.807) is 0 Å². The summed E-state index contributed by atoms with van der Waals surface area (Å²) in [5.41, 5.74) is 5.17. The molecule has 1 N–H and O–H groups in total. The first-order valence-electron chi connectivity index (χ1n) is 10.9. The number of fused-ring (bicyclic) bond motifs is 2. The average molecular weight is 418 g/mol. The van der Waals surface area contributed by atoms with E-state index in [0.717, 1.165) is 47.6 Å². The van der Waals surface area contributed by atoms with Crippen molar-refractivity contribution in [2.45, 2.75) is 52.1 Å². The van der Waals surface area contributed by atoms with Gasteiger partial charge in [-0.3, -0.25) is 9.89 Å². The van der Waals surface area contributed by atoms with Crippen LogP contribution in [0, 0.1) is 26.7 Å². The number of carbonyl (C=O) groups is 1. The maximum absolute atomic E-state index is 13.6. The molecule has 0 aliphatic carbocycles. The number of rotatable bonds is 5. The molecule has 31 heavy (non-hydrogen) atoms. The van der Waals surface area contributed by atoms with Crippen LogP contribution in [0.5, 0.6) is 6.01 Å². The number of aromatic amines is 1. The molecule has 5 rings (SSSR count). The lowest BCUT2D eigenvalue weighted by atomic mass is 9.90. The van der Waals surface area contributed by atoms with E-state index in [1.165, 1.54) is 0 Å². The van der Waals surface area contributed by atoms with Gasteiger partial charge in [0.05, 0.1) is 12.3 Å². The summed E-state index contributed by atoms with van der Waals surface area (Å²) in [6.07, 6.45) is 3.03. The Bertz CT molecular complexity index is 1100. The van der Waals surface area contributed by atoms with Gasteiger partial charge in [-0.05, 0) is 58.2 Å². The molecular weight excluding hydrogens is 390 g/mol. The van der Waals surface area contributed by atoms with Crippen LogP contribution in [0.15, 0.2) is 36.4 Å². The van der Waals surface area contributed by atoms with E-state index in [2.05, 4.69) is 25.1 Å². The van der Waals surface area contributed by atoms with Gasteiger partial charge in [-0.1, -0.05) is 18.2 Å². The molecule has 2 aromatic heterocycles. The molecule has 7 heteroatoms. The Hall–Kier alpha value is -3.22. The molecule has 2 aliphatic heterocycles. The third-order valence-electron chi connectivity index (χ3n) is 6.43. The van der Waals surface area contributed by atoms with Crippen molar-refractivity contribution in [1.29, 1.82) is 0 Å². The van der Waals surface area contributed by atoms with Gasteiger partial charge in [0.25, 0.3) is 5.91 Å². The van der Waals surface area contributed by atoms with Crippen molar-refractivity contribution in [1.82, 2.24) is 25.1 Å². The molecule has 0 spiro atoms. The van der Waals surface area contributed by atoms with Crippen molar-refractivity contribution in [2.24, 2.45) is 5.92 Å². The maximum atomic E-state index is 13.6. The summed E-state index contributed by atoms with van der Waals surface area (Å²) in [5.74, 6) is 0.390. The SMILES string of the molecule is Cc1cc(C)nc(OCC2CC3CCC2N3C(=O)c2ccccc2-c2cc(C)[nH]n2)n1. The van der Waals surface area contributed by atoms with Gasteiger partial charge >= 0.3 is 6.01 Å². The molecule has 2 bridgehead atoms. The number of H-pyrrole nitrogens is 1. The highest BCUT2D eigenvalue weighted by Crippen LogP contribution is 2.43. The summed E-state index contributed by atoms with van der Waals surface area (Å²) in [7, 11) is 0. The van der Waals surface area contributed by atoms with Crippen molar-refractivity contribution in [3.8, 4) is 17.3 Å². The van der Waals surface area contributed by atoms with Crippen LogP contribution in [0.25, 0.3) is 11.3 Å². The van der Waals surface area contributed by atoms with Gasteiger partial charge in [0.2, 0.25) is 0 Å². The molecule has 160 valence electrons. The predicted octanol–water partition coefficient (Wildman–Crippen LogP) is 3.86. The lowest BCUT2D eigenvalue weighted by Gasteiger charge is -2.25. The smallest absolute Gasteiger partial charge is 0.316 e. The van der Waals surface area contributed by atoms with Crippen molar-refractivity contribution in [2.75, 3.05) is 6.61 Å². The summed E-state index contributed by atoms with van der Waals surface area (Å²) in [4.78, 5) is 24.5. The van der Waals surface area contributed by atoms with Crippen molar-refractivity contribution >= 4 is 5.91 Å². The van der Waals surface area contributed by atoms with E-state index in [1.807, 2.05) is 57.2 Å². The number of benzene rings is 1. The van der Waals surface area contributed by atoms with E-state index in [-0.39, 0.29) is 18.0 Å². The largest absolute Gasteiger partial charge is 0.463 e. The van der Waals surface area contributed by atoms with Crippen molar-refractivity contribution in [3.05, 3.63) is 59.0 Å². The second-order valence-corrected chi connectivity index (χ2v) is 8.73. The third-order valence-corrected chi connectivity index (χ3v) is 6.43. The van der Waals surface area contributed by atoms with Gasteiger partial charge in [0, 0.05) is 46.2 Å². The fourth-order valence-corrected chi connectivity index (χ4v) is 5.14. The first kappa shape index (κ1) is 19.7. The van der Waals surface area contributed by atoms with Crippen LogP contribution in [0.4, 0.5) is 0 Å². The van der Waals surface area contributed by atoms with Gasteiger partial charge in [-0.25, -0.2) is 9.97 Å². The Morgan fingerprint density at radius 1 is 1.13 bits per heavy atom. The molecule has 7 nitrogen and oxygen atoms in total. The molecule has 2 aliphatic rings. The normalized spacial score (nSPS) is 22.2. The van der Waals surface area contributed by atoms with Crippen LogP contribution in [0.1, 0.15) is 46.7 Å². The fourth-order valence-electron chi connectivity index (χ4n) is 5.14. The number of amides is 1. The molecule has 0 saturated carbocycles. The molecule has 2 fully saturated rings. The standard InChI is InChI=1S/C24H27N5O2/c1-14-10-15(2)26-24(25-14)31-13-17-12-18-8-9-22(17)29(18)23(30)20-7-5-4-6-19(20)21-11-16(3)27-28-21/h4-7,10-11,17-18,22H,8-9,12-13H2,1-3H3,(H,27,28). The highest BCUT2D eigenvalue weighted by atomic mass is 16.5. The topological polar surface area (TPSA) is 84.0 Å². The van der Waals surface area contributed by atoms with E-state index in [4.69, 9.17) is 4.74 Å². The second kappa shape index (κ2) is 7.80. The summed E-state index contributed by atoms with van der Waals surface area (Å²) in [6, 6.07) is 12.6. The molecular formula is C24H27N5O2. The summed E-state index contributed by atoms with van der Waals surface area (Å²) in [5, 5.41) is 7.35. The van der Waals surface area contributed by atoms with Crippen molar-refractivity contribution in [3.63, 3.8) is 0 Å². The first-order valence-corrected chi connectivity index (χ1v) is 10.9. The molecule has 1 aromatic carbocycles. The van der Waals surface area contributed by atoms with E-state index >= 15 is 0 Å². The van der Waals surface area contributed by atoms with E-state index in [0.29, 0.717) is 24.1 Å². The Labute approximate surface area is 181 Å². The highest BCUT2D eigenvalue weighted by Gasteiger charge is 2.49. The van der Waals surface area contributed by atoms with Gasteiger partial charge in [-0.2, -0.15) is 5.10 Å². The highest BCUT2D eigenvalue weighted by molar-refractivity contribution is 6.01. The molecule has 3 atom stereocenters. The Morgan fingerprint density at radius 2 is 1.90 bits per heavy atom. The quantitative estimate of drug-likeness (QED) is 0.681. The Kier molecular flexibility index (Phi) is 4.96. The number of hydrogen-bond donors (Lipinski definition) is 1. The van der Waals surface area contributed by atoms with Crippen LogP contribution in [-0.2, 0) is 0 Å². The van der Waals surface area contributed by atoms with Crippen LogP contribution >= 0.6 is 0 Å². The molecule has 1 amide bonds. The summed E-state index contributed by atoms with van der Waals surface area (Å²) >= 11 is 0. The molecule has 2 saturated heterocycles. The summed E-state index contributed by atoms with van der Waals surface area (Å²) < 4.78 is 5.96. The molecule has 3 aromatic rings. The monoisotopic (exact) mass is 417 g/mol. The van der Waals surface area contributed by atoms with Crippen LogP contribution < -0.4 is 4.74 Å². The maximum Gasteiger partial charge on any atom is 0.316 e. The minimum atomic E-state index is 0.0916. The van der Waals surface area contributed by atoms with Gasteiger partial charge in [0.15, 0.2) is 0 Å². The number of nitrogens with one attached hydrogen (secondary N) is 1. The van der Waals surface area contributed by atoms with E-state index < -0.39 is 0 Å².